The summed E-state index contributed by atoms with van der Waals surface area (Å²) in [5.41, 5.74) is 2.47. The van der Waals surface area contributed by atoms with Gasteiger partial charge in [0.15, 0.2) is 0 Å². The molecule has 4 heteroatoms. The molecule has 0 aromatic carbocycles. The van der Waals surface area contributed by atoms with Crippen molar-refractivity contribution in [2.24, 2.45) is 0 Å². The number of anilines is 1. The molecule has 19 heavy (non-hydrogen) atoms. The molecule has 1 unspecified atom stereocenters. The normalized spacial score (nSPS) is 16.4. The highest BCUT2D eigenvalue weighted by atomic mass is 32.2. The lowest BCUT2D eigenvalue weighted by Crippen LogP contribution is -2.31. The molecule has 1 N–H and O–H groups in total. The second kappa shape index (κ2) is 6.62. The first-order chi connectivity index (χ1) is 9.11. The number of aryl methyl sites for hydroxylation is 1. The molecule has 2 rings (SSSR count). The summed E-state index contributed by atoms with van der Waals surface area (Å²) >= 11 is 1.88. The molecule has 1 saturated carbocycles. The summed E-state index contributed by atoms with van der Waals surface area (Å²) in [6, 6.07) is 5.63. The average Bonchev–Trinajstić information content (AvgIpc) is 3.20. The standard InChI is InChI=1S/C15H25N3S/c1-11(10-19-4)18(3)15-8-5-13(12(2)17-15)9-16-14-6-7-14/h5,8,11,14,16H,6-7,9-10H2,1-4H3. The van der Waals surface area contributed by atoms with Crippen LogP contribution in [0, 0.1) is 6.92 Å². The highest BCUT2D eigenvalue weighted by molar-refractivity contribution is 7.98. The number of nitrogens with zero attached hydrogens (tertiary/aromatic N) is 2. The van der Waals surface area contributed by atoms with Crippen LogP contribution in [0.15, 0.2) is 12.1 Å². The van der Waals surface area contributed by atoms with Crippen LogP contribution in [-0.4, -0.2) is 36.1 Å². The fourth-order valence-electron chi connectivity index (χ4n) is 2.08. The minimum Gasteiger partial charge on any atom is -0.356 e. The number of hydrogen-bond donors (Lipinski definition) is 1. The molecule has 0 radical (unpaired) electrons. The maximum absolute atomic E-state index is 4.75. The van der Waals surface area contributed by atoms with E-state index in [1.54, 1.807) is 0 Å². The van der Waals surface area contributed by atoms with E-state index in [1.807, 2.05) is 11.8 Å². The molecule has 0 amide bonds. The third-order valence-corrected chi connectivity index (χ3v) is 4.59. The largest absolute Gasteiger partial charge is 0.356 e. The van der Waals surface area contributed by atoms with Gasteiger partial charge < -0.3 is 10.2 Å². The SMILES string of the molecule is CSCC(C)N(C)c1ccc(CNC2CC2)c(C)n1. The summed E-state index contributed by atoms with van der Waals surface area (Å²) in [5.74, 6) is 2.21. The summed E-state index contributed by atoms with van der Waals surface area (Å²) in [6.07, 6.45) is 4.81. The van der Waals surface area contributed by atoms with E-state index in [1.165, 1.54) is 18.4 Å². The topological polar surface area (TPSA) is 28.2 Å². The second-order valence-electron chi connectivity index (χ2n) is 5.48. The lowest BCUT2D eigenvalue weighted by Gasteiger charge is -2.26. The molecule has 1 aliphatic rings. The zero-order valence-corrected chi connectivity index (χ0v) is 13.3. The van der Waals surface area contributed by atoms with Gasteiger partial charge in [0.05, 0.1) is 0 Å². The van der Waals surface area contributed by atoms with E-state index in [-0.39, 0.29) is 0 Å². The Balaban J connectivity index is 1.99. The molecule has 1 aliphatic carbocycles. The number of aromatic nitrogens is 1. The third-order valence-electron chi connectivity index (χ3n) is 3.77. The molecule has 1 aromatic heterocycles. The Morgan fingerprint density at radius 3 is 2.79 bits per heavy atom. The van der Waals surface area contributed by atoms with E-state index in [0.717, 1.165) is 29.9 Å². The predicted octanol–water partition coefficient (Wildman–Crippen LogP) is 2.83. The molecule has 1 fully saturated rings. The zero-order valence-electron chi connectivity index (χ0n) is 12.4. The number of nitrogens with one attached hydrogen (secondary N) is 1. The molecular formula is C15H25N3S. The first-order valence-electron chi connectivity index (χ1n) is 7.03. The Labute approximate surface area is 121 Å². The monoisotopic (exact) mass is 279 g/mol. The zero-order chi connectivity index (χ0) is 13.8. The summed E-state index contributed by atoms with van der Waals surface area (Å²) in [4.78, 5) is 7.02. The van der Waals surface area contributed by atoms with E-state index >= 15 is 0 Å². The van der Waals surface area contributed by atoms with Gasteiger partial charge in [-0.2, -0.15) is 11.8 Å². The van der Waals surface area contributed by atoms with Crippen LogP contribution < -0.4 is 10.2 Å². The maximum Gasteiger partial charge on any atom is 0.128 e. The maximum atomic E-state index is 4.75. The van der Waals surface area contributed by atoms with Crippen molar-refractivity contribution in [1.82, 2.24) is 10.3 Å². The van der Waals surface area contributed by atoms with Crippen LogP contribution in [-0.2, 0) is 6.54 Å². The van der Waals surface area contributed by atoms with Crippen LogP contribution in [0.2, 0.25) is 0 Å². The number of thioether (sulfide) groups is 1. The highest BCUT2D eigenvalue weighted by Gasteiger charge is 2.20. The van der Waals surface area contributed by atoms with Crippen molar-refractivity contribution in [2.45, 2.75) is 45.3 Å². The minimum atomic E-state index is 0.511. The van der Waals surface area contributed by atoms with Crippen molar-refractivity contribution in [3.05, 3.63) is 23.4 Å². The van der Waals surface area contributed by atoms with Crippen LogP contribution >= 0.6 is 11.8 Å². The Hall–Kier alpha value is -0.740. The number of rotatable bonds is 7. The van der Waals surface area contributed by atoms with Crippen molar-refractivity contribution in [3.8, 4) is 0 Å². The van der Waals surface area contributed by atoms with Crippen molar-refractivity contribution >= 4 is 17.6 Å². The van der Waals surface area contributed by atoms with Gasteiger partial charge in [-0.25, -0.2) is 4.98 Å². The van der Waals surface area contributed by atoms with Crippen molar-refractivity contribution in [2.75, 3.05) is 24.0 Å². The van der Waals surface area contributed by atoms with E-state index in [0.29, 0.717) is 6.04 Å². The quantitative estimate of drug-likeness (QED) is 0.831. The molecule has 0 spiro atoms. The highest BCUT2D eigenvalue weighted by Crippen LogP contribution is 2.21. The lowest BCUT2D eigenvalue weighted by molar-refractivity contribution is 0.680. The minimum absolute atomic E-state index is 0.511. The van der Waals surface area contributed by atoms with Crippen LogP contribution in [0.25, 0.3) is 0 Å². The summed E-state index contributed by atoms with van der Waals surface area (Å²) in [7, 11) is 2.13. The van der Waals surface area contributed by atoms with Gasteiger partial charge in [-0.1, -0.05) is 6.07 Å². The van der Waals surface area contributed by atoms with Gasteiger partial charge in [-0.3, -0.25) is 0 Å². The van der Waals surface area contributed by atoms with E-state index < -0.39 is 0 Å². The summed E-state index contributed by atoms with van der Waals surface area (Å²) in [5, 5.41) is 3.55. The molecule has 1 aromatic rings. The average molecular weight is 279 g/mol. The van der Waals surface area contributed by atoms with Crippen LogP contribution in [0.3, 0.4) is 0 Å². The fourth-order valence-corrected chi connectivity index (χ4v) is 2.79. The molecular weight excluding hydrogens is 254 g/mol. The molecule has 3 nitrogen and oxygen atoms in total. The summed E-state index contributed by atoms with van der Waals surface area (Å²) < 4.78 is 0. The van der Waals surface area contributed by atoms with Crippen molar-refractivity contribution in [1.29, 1.82) is 0 Å². The van der Waals surface area contributed by atoms with Crippen LogP contribution in [0.1, 0.15) is 31.0 Å². The molecule has 0 aliphatic heterocycles. The van der Waals surface area contributed by atoms with Crippen LogP contribution in [0.5, 0.6) is 0 Å². The van der Waals surface area contributed by atoms with Crippen LogP contribution in [0.4, 0.5) is 5.82 Å². The van der Waals surface area contributed by atoms with E-state index in [2.05, 4.69) is 49.5 Å². The Morgan fingerprint density at radius 2 is 2.21 bits per heavy atom. The van der Waals surface area contributed by atoms with E-state index in [9.17, 15) is 0 Å². The van der Waals surface area contributed by atoms with Gasteiger partial charge in [0, 0.05) is 37.1 Å². The van der Waals surface area contributed by atoms with Gasteiger partial charge >= 0.3 is 0 Å². The van der Waals surface area contributed by atoms with E-state index in [4.69, 9.17) is 4.98 Å². The third kappa shape index (κ3) is 4.11. The second-order valence-corrected chi connectivity index (χ2v) is 6.40. The molecule has 0 bridgehead atoms. The predicted molar refractivity (Wildman–Crippen MR) is 85.1 cm³/mol. The van der Waals surface area contributed by atoms with Crippen molar-refractivity contribution in [3.63, 3.8) is 0 Å². The fraction of sp³-hybridized carbons (Fsp3) is 0.667. The number of hydrogen-bond acceptors (Lipinski definition) is 4. The first kappa shape index (κ1) is 14.7. The van der Waals surface area contributed by atoms with Gasteiger partial charge in [0.2, 0.25) is 0 Å². The lowest BCUT2D eigenvalue weighted by atomic mass is 10.2. The molecule has 0 saturated heterocycles. The first-order valence-corrected chi connectivity index (χ1v) is 8.43. The van der Waals surface area contributed by atoms with Gasteiger partial charge in [-0.05, 0) is 44.6 Å². The number of pyridine rings is 1. The Kier molecular flexibility index (Phi) is 5.11. The van der Waals surface area contributed by atoms with Gasteiger partial charge in [-0.15, -0.1) is 0 Å². The Bertz CT molecular complexity index is 418. The summed E-state index contributed by atoms with van der Waals surface area (Å²) in [6.45, 7) is 5.31. The van der Waals surface area contributed by atoms with Gasteiger partial charge in [0.1, 0.15) is 5.82 Å². The van der Waals surface area contributed by atoms with Gasteiger partial charge in [0.25, 0.3) is 0 Å². The molecule has 1 atom stereocenters. The Morgan fingerprint density at radius 1 is 1.47 bits per heavy atom. The smallest absolute Gasteiger partial charge is 0.128 e. The molecule has 106 valence electrons. The van der Waals surface area contributed by atoms with Crippen molar-refractivity contribution < 1.29 is 0 Å². The molecule has 1 heterocycles.